The molecule has 1 aliphatic heterocycles. The number of halogens is 4. The van der Waals surface area contributed by atoms with Crippen LogP contribution in [0.1, 0.15) is 24.5 Å². The van der Waals surface area contributed by atoms with Gasteiger partial charge in [-0.3, -0.25) is 4.79 Å². The Morgan fingerprint density at radius 2 is 2.05 bits per heavy atom. The Hall–Kier alpha value is -1.27. The summed E-state index contributed by atoms with van der Waals surface area (Å²) < 4.78 is 38.5. The number of rotatable bonds is 2. The highest BCUT2D eigenvalue weighted by Gasteiger charge is 2.37. The van der Waals surface area contributed by atoms with E-state index in [9.17, 15) is 18.0 Å². The molecular weight excluding hydrogens is 305 g/mol. The molecule has 0 spiro atoms. The summed E-state index contributed by atoms with van der Waals surface area (Å²) in [7, 11) is 0. The molecule has 0 bridgehead atoms. The average Bonchev–Trinajstić information content (AvgIpc) is 2.78. The maximum Gasteiger partial charge on any atom is 0.416 e. The first-order valence-electron chi connectivity index (χ1n) is 6.42. The lowest BCUT2D eigenvalue weighted by molar-refractivity contribution is -0.138. The van der Waals surface area contributed by atoms with Crippen molar-refractivity contribution in [2.24, 2.45) is 5.41 Å². The van der Waals surface area contributed by atoms with E-state index in [0.717, 1.165) is 12.6 Å². The summed E-state index contributed by atoms with van der Waals surface area (Å²) in [5.74, 6) is -0.250. The summed E-state index contributed by atoms with van der Waals surface area (Å²) in [4.78, 5) is 12.2. The molecule has 7 heteroatoms. The van der Waals surface area contributed by atoms with Gasteiger partial charge in [0.25, 0.3) is 0 Å². The molecule has 1 fully saturated rings. The minimum absolute atomic E-state index is 0. The molecule has 21 heavy (non-hydrogen) atoms. The van der Waals surface area contributed by atoms with Gasteiger partial charge in [-0.15, -0.1) is 12.4 Å². The van der Waals surface area contributed by atoms with Crippen LogP contribution in [0.4, 0.5) is 18.9 Å². The third-order valence-electron chi connectivity index (χ3n) is 3.72. The first-order valence-corrected chi connectivity index (χ1v) is 6.42. The predicted molar refractivity (Wildman–Crippen MR) is 77.7 cm³/mol. The SMILES string of the molecule is Cc1ccc(NC(=O)C2(C)CCNC2)cc1C(F)(F)F.Cl. The molecule has 1 unspecified atom stereocenters. The molecule has 1 aliphatic rings. The zero-order valence-corrected chi connectivity index (χ0v) is 12.6. The molecule has 0 radical (unpaired) electrons. The Kier molecular flexibility index (Phi) is 5.28. The topological polar surface area (TPSA) is 41.1 Å². The molecule has 2 N–H and O–H groups in total. The summed E-state index contributed by atoms with van der Waals surface area (Å²) in [6.07, 6.45) is -3.74. The van der Waals surface area contributed by atoms with Crippen molar-refractivity contribution in [3.63, 3.8) is 0 Å². The number of benzene rings is 1. The second-order valence-electron chi connectivity index (χ2n) is 5.47. The Morgan fingerprint density at radius 3 is 2.57 bits per heavy atom. The monoisotopic (exact) mass is 322 g/mol. The molecule has 1 atom stereocenters. The second-order valence-corrected chi connectivity index (χ2v) is 5.47. The molecule has 0 saturated carbocycles. The van der Waals surface area contributed by atoms with Crippen LogP contribution >= 0.6 is 12.4 Å². The molecule has 1 amide bonds. The highest BCUT2D eigenvalue weighted by molar-refractivity contribution is 5.95. The highest BCUT2D eigenvalue weighted by atomic mass is 35.5. The Bertz CT molecular complexity index is 525. The van der Waals surface area contributed by atoms with Gasteiger partial charge in [0.1, 0.15) is 0 Å². The van der Waals surface area contributed by atoms with Gasteiger partial charge in [0.15, 0.2) is 0 Å². The number of carbonyl (C=O) groups is 1. The van der Waals surface area contributed by atoms with E-state index in [1.807, 2.05) is 0 Å². The number of hydrogen-bond donors (Lipinski definition) is 2. The van der Waals surface area contributed by atoms with Crippen LogP contribution in [-0.4, -0.2) is 19.0 Å². The highest BCUT2D eigenvalue weighted by Crippen LogP contribution is 2.34. The third-order valence-corrected chi connectivity index (χ3v) is 3.72. The second kappa shape index (κ2) is 6.23. The number of hydrogen-bond acceptors (Lipinski definition) is 2. The first-order chi connectivity index (χ1) is 9.22. The van der Waals surface area contributed by atoms with Gasteiger partial charge in [-0.2, -0.15) is 13.2 Å². The molecule has 1 aromatic rings. The number of amides is 1. The summed E-state index contributed by atoms with van der Waals surface area (Å²) in [6, 6.07) is 3.85. The van der Waals surface area contributed by atoms with Crippen LogP contribution in [-0.2, 0) is 11.0 Å². The van der Waals surface area contributed by atoms with Crippen LogP contribution in [0.2, 0.25) is 0 Å². The molecule has 0 aromatic heterocycles. The number of aryl methyl sites for hydroxylation is 1. The smallest absolute Gasteiger partial charge is 0.326 e. The zero-order valence-electron chi connectivity index (χ0n) is 11.8. The van der Waals surface area contributed by atoms with E-state index in [1.54, 1.807) is 6.92 Å². The Balaban J connectivity index is 0.00000220. The lowest BCUT2D eigenvalue weighted by Gasteiger charge is -2.22. The van der Waals surface area contributed by atoms with Crippen molar-refractivity contribution in [1.82, 2.24) is 5.32 Å². The number of nitrogens with one attached hydrogen (secondary N) is 2. The lowest BCUT2D eigenvalue weighted by atomic mass is 9.88. The molecule has 1 heterocycles. The van der Waals surface area contributed by atoms with Gasteiger partial charge in [-0.05, 0) is 44.5 Å². The quantitative estimate of drug-likeness (QED) is 0.876. The summed E-state index contributed by atoms with van der Waals surface area (Å²) in [5, 5.41) is 5.67. The van der Waals surface area contributed by atoms with Gasteiger partial charge in [0.2, 0.25) is 5.91 Å². The van der Waals surface area contributed by atoms with Crippen LogP contribution < -0.4 is 10.6 Å². The van der Waals surface area contributed by atoms with Gasteiger partial charge >= 0.3 is 6.18 Å². The molecule has 3 nitrogen and oxygen atoms in total. The predicted octanol–water partition coefficient (Wildman–Crippen LogP) is 3.37. The molecular formula is C14H18ClF3N2O. The Labute approximate surface area is 127 Å². The molecule has 0 aliphatic carbocycles. The van der Waals surface area contributed by atoms with Crippen molar-refractivity contribution in [3.05, 3.63) is 29.3 Å². The van der Waals surface area contributed by atoms with Crippen LogP contribution in [0.15, 0.2) is 18.2 Å². The maximum absolute atomic E-state index is 12.8. The van der Waals surface area contributed by atoms with Crippen molar-refractivity contribution in [3.8, 4) is 0 Å². The largest absolute Gasteiger partial charge is 0.416 e. The molecule has 2 rings (SSSR count). The van der Waals surface area contributed by atoms with Crippen LogP contribution in [0, 0.1) is 12.3 Å². The van der Waals surface area contributed by atoms with Crippen molar-refractivity contribution >= 4 is 24.0 Å². The van der Waals surface area contributed by atoms with Crippen LogP contribution in [0.25, 0.3) is 0 Å². The van der Waals surface area contributed by atoms with E-state index in [-0.39, 0.29) is 29.6 Å². The Morgan fingerprint density at radius 1 is 1.38 bits per heavy atom. The van der Waals surface area contributed by atoms with E-state index in [1.165, 1.54) is 19.1 Å². The van der Waals surface area contributed by atoms with E-state index < -0.39 is 17.2 Å². The summed E-state index contributed by atoms with van der Waals surface area (Å²) in [6.45, 7) is 4.49. The average molecular weight is 323 g/mol. The fourth-order valence-electron chi connectivity index (χ4n) is 2.30. The van der Waals surface area contributed by atoms with Crippen molar-refractivity contribution < 1.29 is 18.0 Å². The van der Waals surface area contributed by atoms with Crippen molar-refractivity contribution in [1.29, 1.82) is 0 Å². The van der Waals surface area contributed by atoms with Gasteiger partial charge in [0, 0.05) is 12.2 Å². The number of carbonyl (C=O) groups excluding carboxylic acids is 1. The first kappa shape index (κ1) is 17.8. The third kappa shape index (κ3) is 3.89. The van der Waals surface area contributed by atoms with E-state index in [2.05, 4.69) is 10.6 Å². The van der Waals surface area contributed by atoms with Gasteiger partial charge in [0.05, 0.1) is 11.0 Å². The van der Waals surface area contributed by atoms with Crippen molar-refractivity contribution in [2.45, 2.75) is 26.4 Å². The lowest BCUT2D eigenvalue weighted by Crippen LogP contribution is -2.35. The number of alkyl halides is 3. The van der Waals surface area contributed by atoms with Gasteiger partial charge in [-0.25, -0.2) is 0 Å². The van der Waals surface area contributed by atoms with Gasteiger partial charge in [-0.1, -0.05) is 6.07 Å². The zero-order chi connectivity index (χ0) is 15.0. The van der Waals surface area contributed by atoms with Crippen molar-refractivity contribution in [2.75, 3.05) is 18.4 Å². The van der Waals surface area contributed by atoms with E-state index in [0.29, 0.717) is 13.0 Å². The fraction of sp³-hybridized carbons (Fsp3) is 0.500. The number of anilines is 1. The van der Waals surface area contributed by atoms with Crippen LogP contribution in [0.3, 0.4) is 0 Å². The molecule has 1 aromatic carbocycles. The minimum atomic E-state index is -4.41. The minimum Gasteiger partial charge on any atom is -0.326 e. The maximum atomic E-state index is 12.8. The van der Waals surface area contributed by atoms with E-state index >= 15 is 0 Å². The molecule has 118 valence electrons. The van der Waals surface area contributed by atoms with E-state index in [4.69, 9.17) is 0 Å². The van der Waals surface area contributed by atoms with Crippen LogP contribution in [0.5, 0.6) is 0 Å². The van der Waals surface area contributed by atoms with Gasteiger partial charge < -0.3 is 10.6 Å². The standard InChI is InChI=1S/C14H17F3N2O.ClH/c1-9-3-4-10(7-11(9)14(15,16)17)19-12(20)13(2)5-6-18-8-13;/h3-4,7,18H,5-6,8H2,1-2H3,(H,19,20);1H. The fourth-order valence-corrected chi connectivity index (χ4v) is 2.30. The molecule has 1 saturated heterocycles. The normalized spacial score (nSPS) is 21.8. The summed E-state index contributed by atoms with van der Waals surface area (Å²) >= 11 is 0. The summed E-state index contributed by atoms with van der Waals surface area (Å²) in [5.41, 5.74) is -0.959.